The number of carbonyl (C=O) groups is 7. The lowest BCUT2D eigenvalue weighted by Crippen LogP contribution is -2.65. The molecule has 0 aromatic heterocycles. The lowest BCUT2D eigenvalue weighted by molar-refractivity contribution is -0.158. The summed E-state index contributed by atoms with van der Waals surface area (Å²) in [6.07, 6.45) is 3.17. The van der Waals surface area contributed by atoms with Crippen molar-refractivity contribution in [3.63, 3.8) is 0 Å². The van der Waals surface area contributed by atoms with Gasteiger partial charge in [0.15, 0.2) is 24.7 Å². The molecule has 1 fully saturated rings. The smallest absolute Gasteiger partial charge is 0.344 e. The average Bonchev–Trinajstić information content (AvgIpc) is 3.19. The second-order valence-corrected chi connectivity index (χ2v) is 17.8. The van der Waals surface area contributed by atoms with Crippen LogP contribution in [0.5, 0.6) is 11.5 Å². The van der Waals surface area contributed by atoms with Crippen LogP contribution in [0.3, 0.4) is 0 Å². The highest BCUT2D eigenvalue weighted by molar-refractivity contribution is 5.98. The third kappa shape index (κ3) is 16.2. The molecule has 1 aliphatic carbocycles. The largest absolute Gasteiger partial charge is 0.478 e. The Balaban J connectivity index is 1.50. The van der Waals surface area contributed by atoms with Crippen molar-refractivity contribution in [1.29, 1.82) is 0 Å². The van der Waals surface area contributed by atoms with Crippen LogP contribution in [0, 0.1) is 0 Å². The van der Waals surface area contributed by atoms with Gasteiger partial charge in [-0.05, 0) is 101 Å². The first-order chi connectivity index (χ1) is 29.6. The maximum absolute atomic E-state index is 14.2. The molecule has 0 bridgehead atoms. The molecule has 3 aromatic rings. The monoisotopic (exact) mass is 873 g/mol. The van der Waals surface area contributed by atoms with E-state index in [1.807, 2.05) is 42.5 Å². The van der Waals surface area contributed by atoms with Gasteiger partial charge in [0.2, 0.25) is 29.5 Å². The highest BCUT2D eigenvalue weighted by atomic mass is 16.6. The predicted octanol–water partition coefficient (Wildman–Crippen LogP) is 4.26. The van der Waals surface area contributed by atoms with E-state index in [4.69, 9.17) is 24.7 Å². The van der Waals surface area contributed by atoms with Crippen LogP contribution in [0.4, 0.5) is 0 Å². The predicted molar refractivity (Wildman–Crippen MR) is 235 cm³/mol. The highest BCUT2D eigenvalue weighted by Crippen LogP contribution is 2.31. The van der Waals surface area contributed by atoms with Crippen LogP contribution in [0.2, 0.25) is 0 Å². The molecule has 3 aromatic carbocycles. The minimum absolute atomic E-state index is 0.0550. The van der Waals surface area contributed by atoms with Crippen LogP contribution >= 0.6 is 0 Å². The first-order valence-electron chi connectivity index (χ1n) is 21.4. The lowest BCUT2D eigenvalue weighted by atomic mass is 9.80. The number of hydrogen-bond donors (Lipinski definition) is 5. The van der Waals surface area contributed by atoms with Crippen molar-refractivity contribution in [2.75, 3.05) is 19.8 Å². The van der Waals surface area contributed by atoms with Crippen molar-refractivity contribution in [1.82, 2.24) is 21.3 Å². The van der Waals surface area contributed by atoms with E-state index in [0.717, 1.165) is 22.8 Å². The molecule has 1 aliphatic rings. The van der Waals surface area contributed by atoms with Crippen molar-refractivity contribution in [2.45, 2.75) is 135 Å². The van der Waals surface area contributed by atoms with Crippen molar-refractivity contribution in [3.05, 3.63) is 71.8 Å². The number of fused-ring (bicyclic) bond motifs is 1. The molecule has 6 N–H and O–H groups in total. The second kappa shape index (κ2) is 22.2. The maximum atomic E-state index is 14.2. The van der Waals surface area contributed by atoms with E-state index in [1.165, 1.54) is 19.1 Å². The number of nitrogens with two attached hydrogens (primary N) is 1. The van der Waals surface area contributed by atoms with Gasteiger partial charge in [0.05, 0.1) is 6.42 Å². The number of primary amides is 1. The van der Waals surface area contributed by atoms with Gasteiger partial charge in [-0.25, -0.2) is 9.59 Å². The van der Waals surface area contributed by atoms with E-state index in [1.54, 1.807) is 47.6 Å². The van der Waals surface area contributed by atoms with E-state index in [2.05, 4.69) is 21.3 Å². The molecule has 342 valence electrons. The van der Waals surface area contributed by atoms with Gasteiger partial charge in [-0.2, -0.15) is 0 Å². The van der Waals surface area contributed by atoms with Crippen molar-refractivity contribution in [3.8, 4) is 11.5 Å². The standard InChI is InChI=1S/C47H63N5O11/c1-30(53)50-35(25-31-20-21-37(60-28-40(55)62-45(2,3)4)38(26-31)61-29-41(56)63-46(5,6)7)43(58)52-47(22-11-8-12-23-47)44(59)51-36(27-39(48)54)42(57)49-24-14-18-33-17-13-16-32-15-9-10-19-34(32)33/h9-10,13,15-17,19-21,26,35-36H,8,11-12,14,18,22-25,27-29H2,1-7H3,(H2,48,54)(H,49,57)(H,50,53)(H,51,59)(H,52,58)/t35-,36-/m0/s1. The summed E-state index contributed by atoms with van der Waals surface area (Å²) in [5.41, 5.74) is 4.12. The van der Waals surface area contributed by atoms with E-state index in [-0.39, 0.29) is 37.3 Å². The topological polar surface area (TPSA) is 231 Å². The molecule has 0 saturated heterocycles. The molecule has 0 aliphatic heterocycles. The Morgan fingerprint density at radius 2 is 1.35 bits per heavy atom. The van der Waals surface area contributed by atoms with E-state index >= 15 is 0 Å². The Hall–Kier alpha value is -6.19. The van der Waals surface area contributed by atoms with Gasteiger partial charge in [0.25, 0.3) is 0 Å². The maximum Gasteiger partial charge on any atom is 0.344 e. The SMILES string of the molecule is CC(=O)N[C@@H](Cc1ccc(OCC(=O)OC(C)(C)C)c(OCC(=O)OC(C)(C)C)c1)C(=O)NC1(C(=O)N[C@@H](CC(N)=O)C(=O)NCCCc2cccc3ccccc23)CCCCC1. The third-order valence-electron chi connectivity index (χ3n) is 10.0. The van der Waals surface area contributed by atoms with Gasteiger partial charge in [0.1, 0.15) is 28.8 Å². The highest BCUT2D eigenvalue weighted by Gasteiger charge is 2.43. The number of carbonyl (C=O) groups excluding carboxylic acids is 7. The van der Waals surface area contributed by atoms with Gasteiger partial charge in [-0.1, -0.05) is 67.8 Å². The van der Waals surface area contributed by atoms with E-state index in [0.29, 0.717) is 31.2 Å². The molecule has 63 heavy (non-hydrogen) atoms. The van der Waals surface area contributed by atoms with Gasteiger partial charge in [-0.15, -0.1) is 0 Å². The van der Waals surface area contributed by atoms with Crippen LogP contribution in [0.25, 0.3) is 10.8 Å². The number of benzene rings is 3. The van der Waals surface area contributed by atoms with Crippen LogP contribution in [-0.2, 0) is 55.9 Å². The number of esters is 2. The molecule has 16 nitrogen and oxygen atoms in total. The van der Waals surface area contributed by atoms with Crippen molar-refractivity contribution in [2.24, 2.45) is 5.73 Å². The van der Waals surface area contributed by atoms with Crippen LogP contribution in [0.1, 0.15) is 105 Å². The minimum Gasteiger partial charge on any atom is -0.478 e. The first kappa shape index (κ1) is 49.5. The fourth-order valence-corrected chi connectivity index (χ4v) is 7.34. The second-order valence-electron chi connectivity index (χ2n) is 17.8. The summed E-state index contributed by atoms with van der Waals surface area (Å²) in [6, 6.07) is 16.2. The summed E-state index contributed by atoms with van der Waals surface area (Å²) in [7, 11) is 0. The zero-order valence-corrected chi connectivity index (χ0v) is 37.5. The molecule has 0 radical (unpaired) electrons. The van der Waals surface area contributed by atoms with Gasteiger partial charge in [-0.3, -0.25) is 24.0 Å². The Labute approximate surface area is 369 Å². The lowest BCUT2D eigenvalue weighted by Gasteiger charge is -2.38. The molecule has 4 rings (SSSR count). The number of amides is 5. The molecule has 0 spiro atoms. The van der Waals surface area contributed by atoms with Crippen LogP contribution < -0.4 is 36.5 Å². The van der Waals surface area contributed by atoms with E-state index < -0.39 is 89.9 Å². The number of aryl methyl sites for hydroxylation is 1. The Morgan fingerprint density at radius 1 is 0.730 bits per heavy atom. The fourth-order valence-electron chi connectivity index (χ4n) is 7.34. The summed E-state index contributed by atoms with van der Waals surface area (Å²) >= 11 is 0. The number of hydrogen-bond acceptors (Lipinski definition) is 11. The van der Waals surface area contributed by atoms with Gasteiger partial charge in [0, 0.05) is 19.9 Å². The molecule has 5 amide bonds. The van der Waals surface area contributed by atoms with Gasteiger partial charge < -0.3 is 45.9 Å². The van der Waals surface area contributed by atoms with Crippen molar-refractivity contribution < 1.29 is 52.5 Å². The number of nitrogens with one attached hydrogen (secondary N) is 4. The number of rotatable bonds is 20. The molecular weight excluding hydrogens is 811 g/mol. The first-order valence-corrected chi connectivity index (χ1v) is 21.4. The molecule has 0 unspecified atom stereocenters. The molecule has 2 atom stereocenters. The summed E-state index contributed by atoms with van der Waals surface area (Å²) in [5.74, 6) is -4.37. The normalized spacial score (nSPS) is 14.6. The number of ether oxygens (including phenoxy) is 4. The third-order valence-corrected chi connectivity index (χ3v) is 10.0. The average molecular weight is 874 g/mol. The summed E-state index contributed by atoms with van der Waals surface area (Å²) in [6.45, 7) is 10.8. The molecular formula is C47H63N5O11. The Morgan fingerprint density at radius 3 is 1.97 bits per heavy atom. The Bertz CT molecular complexity index is 2110. The van der Waals surface area contributed by atoms with E-state index in [9.17, 15) is 33.6 Å². The molecule has 0 heterocycles. The van der Waals surface area contributed by atoms with Crippen LogP contribution in [0.15, 0.2) is 60.7 Å². The van der Waals surface area contributed by atoms with Crippen molar-refractivity contribution >= 4 is 52.2 Å². The molecule has 1 saturated carbocycles. The zero-order chi connectivity index (χ0) is 46.4. The fraction of sp³-hybridized carbons (Fsp3) is 0.511. The molecule has 16 heteroatoms. The zero-order valence-electron chi connectivity index (χ0n) is 37.5. The Kier molecular flexibility index (Phi) is 17.5. The van der Waals surface area contributed by atoms with Crippen LogP contribution in [-0.4, -0.2) is 90.1 Å². The summed E-state index contributed by atoms with van der Waals surface area (Å²) in [4.78, 5) is 91.5. The van der Waals surface area contributed by atoms with Gasteiger partial charge >= 0.3 is 11.9 Å². The summed E-state index contributed by atoms with van der Waals surface area (Å²) < 4.78 is 22.2. The summed E-state index contributed by atoms with van der Waals surface area (Å²) in [5, 5.41) is 13.3. The quantitative estimate of drug-likeness (QED) is 0.0796. The minimum atomic E-state index is -1.47.